The molecule has 86 valence electrons. The molecule has 2 saturated carbocycles. The number of aromatic nitrogens is 2. The highest BCUT2D eigenvalue weighted by molar-refractivity contribution is 9.10. The van der Waals surface area contributed by atoms with Crippen molar-refractivity contribution < 1.29 is 0 Å². The summed E-state index contributed by atoms with van der Waals surface area (Å²) in [6.45, 7) is 0. The topological polar surface area (TPSA) is 63.8 Å². The van der Waals surface area contributed by atoms with Gasteiger partial charge in [-0.2, -0.15) is 4.98 Å². The second-order valence-corrected chi connectivity index (χ2v) is 5.62. The zero-order valence-electron chi connectivity index (χ0n) is 8.99. The number of anilines is 2. The van der Waals surface area contributed by atoms with Gasteiger partial charge in [0.2, 0.25) is 5.95 Å². The second kappa shape index (κ2) is 3.87. The zero-order chi connectivity index (χ0) is 11.1. The molecule has 0 aliphatic heterocycles. The lowest BCUT2D eigenvalue weighted by Gasteiger charge is -2.19. The van der Waals surface area contributed by atoms with Crippen molar-refractivity contribution in [3.8, 4) is 0 Å². The predicted molar refractivity (Wildman–Crippen MR) is 67.0 cm³/mol. The van der Waals surface area contributed by atoms with Crippen LogP contribution in [0.15, 0.2) is 10.7 Å². The minimum atomic E-state index is 0.330. The molecule has 4 nitrogen and oxygen atoms in total. The highest BCUT2D eigenvalue weighted by Crippen LogP contribution is 2.46. The van der Waals surface area contributed by atoms with Crippen LogP contribution < -0.4 is 11.1 Å². The van der Waals surface area contributed by atoms with E-state index >= 15 is 0 Å². The molecule has 2 aliphatic rings. The van der Waals surface area contributed by atoms with Crippen molar-refractivity contribution in [1.29, 1.82) is 0 Å². The van der Waals surface area contributed by atoms with Crippen molar-refractivity contribution in [2.24, 2.45) is 11.8 Å². The Morgan fingerprint density at radius 3 is 2.50 bits per heavy atom. The van der Waals surface area contributed by atoms with Crippen LogP contribution in [0.1, 0.15) is 25.7 Å². The maximum atomic E-state index is 5.60. The third-order valence-electron chi connectivity index (χ3n) is 3.33. The van der Waals surface area contributed by atoms with Gasteiger partial charge < -0.3 is 11.1 Å². The molecule has 0 saturated heterocycles. The third kappa shape index (κ3) is 2.14. The fraction of sp³-hybridized carbons (Fsp3) is 0.636. The second-order valence-electron chi connectivity index (χ2n) is 4.77. The Labute approximate surface area is 103 Å². The van der Waals surface area contributed by atoms with Gasteiger partial charge in [0.1, 0.15) is 5.82 Å². The first kappa shape index (κ1) is 10.3. The average molecular weight is 283 g/mol. The van der Waals surface area contributed by atoms with Gasteiger partial charge in [0.15, 0.2) is 0 Å². The molecule has 0 spiro atoms. The monoisotopic (exact) mass is 282 g/mol. The lowest BCUT2D eigenvalue weighted by molar-refractivity contribution is 0.565. The number of halogens is 1. The SMILES string of the molecule is Nc1ncc(Br)c(NC(C2CC2)C2CC2)n1. The van der Waals surface area contributed by atoms with Gasteiger partial charge in [-0.05, 0) is 53.4 Å². The molecule has 5 heteroatoms. The average Bonchev–Trinajstić information content (AvgIpc) is 3.13. The maximum absolute atomic E-state index is 5.60. The van der Waals surface area contributed by atoms with Crippen molar-refractivity contribution in [3.63, 3.8) is 0 Å². The van der Waals surface area contributed by atoms with Crippen molar-refractivity contribution in [1.82, 2.24) is 9.97 Å². The van der Waals surface area contributed by atoms with E-state index in [2.05, 4.69) is 31.2 Å². The van der Waals surface area contributed by atoms with Crippen LogP contribution in [0, 0.1) is 11.8 Å². The Hall–Kier alpha value is -0.840. The van der Waals surface area contributed by atoms with E-state index in [-0.39, 0.29) is 0 Å². The molecule has 2 fully saturated rings. The van der Waals surface area contributed by atoms with E-state index in [1.807, 2.05) is 0 Å². The number of rotatable bonds is 4. The van der Waals surface area contributed by atoms with Crippen LogP contribution >= 0.6 is 15.9 Å². The van der Waals surface area contributed by atoms with Gasteiger partial charge in [0, 0.05) is 12.2 Å². The molecule has 0 bridgehead atoms. The molecule has 3 N–H and O–H groups in total. The summed E-state index contributed by atoms with van der Waals surface area (Å²) < 4.78 is 0.896. The van der Waals surface area contributed by atoms with Crippen LogP contribution in [-0.4, -0.2) is 16.0 Å². The summed E-state index contributed by atoms with van der Waals surface area (Å²) in [6, 6.07) is 0.589. The molecule has 2 aliphatic carbocycles. The summed E-state index contributed by atoms with van der Waals surface area (Å²) in [5.41, 5.74) is 5.60. The first-order chi connectivity index (χ1) is 7.74. The third-order valence-corrected chi connectivity index (χ3v) is 3.91. The molecule has 1 aromatic rings. The lowest BCUT2D eigenvalue weighted by Crippen LogP contribution is -2.25. The van der Waals surface area contributed by atoms with Gasteiger partial charge in [-0.15, -0.1) is 0 Å². The Morgan fingerprint density at radius 2 is 1.94 bits per heavy atom. The summed E-state index contributed by atoms with van der Waals surface area (Å²) in [4.78, 5) is 8.19. The largest absolute Gasteiger partial charge is 0.368 e. The first-order valence-corrected chi connectivity index (χ1v) is 6.58. The Balaban J connectivity index is 1.78. The molecule has 0 radical (unpaired) electrons. The van der Waals surface area contributed by atoms with Gasteiger partial charge in [-0.1, -0.05) is 0 Å². The Morgan fingerprint density at radius 1 is 1.31 bits per heavy atom. The minimum absolute atomic E-state index is 0.330. The van der Waals surface area contributed by atoms with Crippen molar-refractivity contribution in [2.45, 2.75) is 31.7 Å². The van der Waals surface area contributed by atoms with E-state index in [1.165, 1.54) is 25.7 Å². The van der Waals surface area contributed by atoms with Crippen LogP contribution in [0.5, 0.6) is 0 Å². The zero-order valence-corrected chi connectivity index (χ0v) is 10.6. The summed E-state index contributed by atoms with van der Waals surface area (Å²) in [5.74, 6) is 2.86. The van der Waals surface area contributed by atoms with E-state index in [0.717, 1.165) is 22.1 Å². The minimum Gasteiger partial charge on any atom is -0.368 e. The van der Waals surface area contributed by atoms with Crippen LogP contribution in [-0.2, 0) is 0 Å². The number of nitrogens with one attached hydrogen (secondary N) is 1. The number of nitrogen functional groups attached to an aromatic ring is 1. The van der Waals surface area contributed by atoms with E-state index in [9.17, 15) is 0 Å². The number of nitrogens with zero attached hydrogens (tertiary/aromatic N) is 2. The van der Waals surface area contributed by atoms with Crippen LogP contribution in [0.3, 0.4) is 0 Å². The van der Waals surface area contributed by atoms with E-state index in [0.29, 0.717) is 12.0 Å². The normalized spacial score (nSPS) is 20.1. The molecule has 0 amide bonds. The molecule has 1 aromatic heterocycles. The smallest absolute Gasteiger partial charge is 0.221 e. The molecule has 16 heavy (non-hydrogen) atoms. The number of nitrogens with two attached hydrogens (primary N) is 1. The molecular weight excluding hydrogens is 268 g/mol. The van der Waals surface area contributed by atoms with Gasteiger partial charge in [0.25, 0.3) is 0 Å². The molecule has 1 heterocycles. The lowest BCUT2D eigenvalue weighted by atomic mass is 10.1. The molecule has 0 unspecified atom stereocenters. The highest BCUT2D eigenvalue weighted by atomic mass is 79.9. The quantitative estimate of drug-likeness (QED) is 0.890. The van der Waals surface area contributed by atoms with E-state index < -0.39 is 0 Å². The molecule has 0 atom stereocenters. The van der Waals surface area contributed by atoms with Crippen molar-refractivity contribution in [2.75, 3.05) is 11.1 Å². The fourth-order valence-corrected chi connectivity index (χ4v) is 2.48. The van der Waals surface area contributed by atoms with Crippen LogP contribution in [0.25, 0.3) is 0 Å². The summed E-state index contributed by atoms with van der Waals surface area (Å²) in [5, 5.41) is 3.53. The summed E-state index contributed by atoms with van der Waals surface area (Å²) in [6.07, 6.45) is 7.12. The maximum Gasteiger partial charge on any atom is 0.221 e. The molecule has 3 rings (SSSR count). The fourth-order valence-electron chi connectivity index (χ4n) is 2.17. The molecule has 0 aromatic carbocycles. The van der Waals surface area contributed by atoms with Crippen LogP contribution in [0.4, 0.5) is 11.8 Å². The van der Waals surface area contributed by atoms with Gasteiger partial charge in [0.05, 0.1) is 4.47 Å². The van der Waals surface area contributed by atoms with Crippen LogP contribution in [0.2, 0.25) is 0 Å². The van der Waals surface area contributed by atoms with Gasteiger partial charge in [-0.3, -0.25) is 0 Å². The van der Waals surface area contributed by atoms with Crippen molar-refractivity contribution >= 4 is 27.7 Å². The first-order valence-electron chi connectivity index (χ1n) is 5.78. The van der Waals surface area contributed by atoms with Crippen molar-refractivity contribution in [3.05, 3.63) is 10.7 Å². The molecular formula is C11H15BrN4. The highest BCUT2D eigenvalue weighted by Gasteiger charge is 2.41. The summed E-state index contributed by atoms with van der Waals surface area (Å²) in [7, 11) is 0. The summed E-state index contributed by atoms with van der Waals surface area (Å²) >= 11 is 3.45. The van der Waals surface area contributed by atoms with E-state index in [1.54, 1.807) is 6.20 Å². The number of hydrogen-bond acceptors (Lipinski definition) is 4. The predicted octanol–water partition coefficient (Wildman–Crippen LogP) is 2.42. The van der Waals surface area contributed by atoms with E-state index in [4.69, 9.17) is 5.73 Å². The Kier molecular flexibility index (Phi) is 2.50. The number of hydrogen-bond donors (Lipinski definition) is 2. The Bertz CT molecular complexity index is 389. The van der Waals surface area contributed by atoms with Gasteiger partial charge in [-0.25, -0.2) is 4.98 Å². The van der Waals surface area contributed by atoms with Gasteiger partial charge >= 0.3 is 0 Å². The standard InChI is InChI=1S/C11H15BrN4/c12-8-5-14-11(13)16-10(8)15-9(6-1-2-6)7-3-4-7/h5-7,9H,1-4H2,(H3,13,14,15,16).